The second-order valence-electron chi connectivity index (χ2n) is 6.66. The maximum absolute atomic E-state index is 13.1. The molecule has 0 radical (unpaired) electrons. The number of aryl methyl sites for hydroxylation is 3. The van der Waals surface area contributed by atoms with Gasteiger partial charge in [0.05, 0.1) is 5.92 Å². The number of benzene rings is 1. The lowest BCUT2D eigenvalue weighted by molar-refractivity contribution is -0.759. The van der Waals surface area contributed by atoms with Gasteiger partial charge in [-0.1, -0.05) is 32.0 Å². The Bertz CT molecular complexity index is 837. The second kappa shape index (κ2) is 9.16. The number of hydrogen-bond acceptors (Lipinski definition) is 5. The van der Waals surface area contributed by atoms with Crippen molar-refractivity contribution in [1.29, 1.82) is 0 Å². The summed E-state index contributed by atoms with van der Waals surface area (Å²) in [6, 6.07) is 9.52. The van der Waals surface area contributed by atoms with Crippen molar-refractivity contribution in [3.63, 3.8) is 0 Å². The first-order chi connectivity index (χ1) is 12.8. The van der Waals surface area contributed by atoms with E-state index in [1.165, 1.54) is 6.08 Å². The first-order valence-electron chi connectivity index (χ1n) is 8.97. The number of carbonyl (C=O) groups excluding carboxylic acids is 1. The molecule has 144 valence electrons. The average Bonchev–Trinajstić information content (AvgIpc) is 3.05. The molecule has 1 aromatic heterocycles. The molecule has 0 saturated carbocycles. The Morgan fingerprint density at radius 3 is 2.63 bits per heavy atom. The lowest BCUT2D eigenvalue weighted by Gasteiger charge is -2.25. The van der Waals surface area contributed by atoms with Gasteiger partial charge in [0.1, 0.15) is 18.1 Å². The fraction of sp³-hybridized carbons (Fsp3) is 0.381. The molecule has 0 aliphatic rings. The normalized spacial score (nSPS) is 13.5. The minimum Gasteiger partial charge on any atom is -0.462 e. The Labute approximate surface area is 158 Å². The highest BCUT2D eigenvalue weighted by Crippen LogP contribution is 2.32. The zero-order chi connectivity index (χ0) is 20.0. The molecule has 0 fully saturated rings. The topological polar surface area (TPSA) is 82.6 Å². The van der Waals surface area contributed by atoms with Crippen molar-refractivity contribution in [2.24, 2.45) is 5.92 Å². The van der Waals surface area contributed by atoms with Crippen molar-refractivity contribution in [3.8, 4) is 0 Å². The number of hydrogen-bond donors (Lipinski definition) is 0. The molecule has 6 heteroatoms. The van der Waals surface area contributed by atoms with Gasteiger partial charge in [0.15, 0.2) is 5.78 Å². The van der Waals surface area contributed by atoms with E-state index in [9.17, 15) is 14.9 Å². The van der Waals surface area contributed by atoms with Crippen molar-refractivity contribution >= 4 is 11.9 Å². The van der Waals surface area contributed by atoms with Crippen LogP contribution < -0.4 is 0 Å². The summed E-state index contributed by atoms with van der Waals surface area (Å²) in [5.41, 5.74) is 2.97. The standard InChI is InChI=1S/C21H25NO5/c1-5-17-8-6-7-14(2)20(17)21(15(3)13-26-22(24)25)19(23)12-11-18-10-9-16(4)27-18/h6-12,15,21H,5,13H2,1-4H3/b12-11+. The monoisotopic (exact) mass is 371 g/mol. The average molecular weight is 371 g/mol. The van der Waals surface area contributed by atoms with Crippen LogP contribution >= 0.6 is 0 Å². The van der Waals surface area contributed by atoms with Crippen LogP contribution in [0.5, 0.6) is 0 Å². The third-order valence-electron chi connectivity index (χ3n) is 4.60. The smallest absolute Gasteiger partial charge is 0.294 e. The Kier molecular flexibility index (Phi) is 6.93. The van der Waals surface area contributed by atoms with Gasteiger partial charge in [0, 0.05) is 0 Å². The molecule has 0 aliphatic carbocycles. The minimum atomic E-state index is -0.821. The molecule has 2 aromatic rings. The van der Waals surface area contributed by atoms with E-state index in [0.717, 1.165) is 28.9 Å². The van der Waals surface area contributed by atoms with Crippen LogP contribution in [0.2, 0.25) is 0 Å². The number of carbonyl (C=O) groups is 1. The van der Waals surface area contributed by atoms with Crippen molar-refractivity contribution < 1.29 is 19.1 Å². The van der Waals surface area contributed by atoms with E-state index in [2.05, 4.69) is 4.84 Å². The molecule has 1 aromatic carbocycles. The quantitative estimate of drug-likeness (QED) is 0.363. The maximum atomic E-state index is 13.1. The zero-order valence-electron chi connectivity index (χ0n) is 16.1. The molecule has 0 saturated heterocycles. The summed E-state index contributed by atoms with van der Waals surface area (Å²) in [6.45, 7) is 7.46. The van der Waals surface area contributed by atoms with Crippen molar-refractivity contribution in [2.75, 3.05) is 6.61 Å². The number of furan rings is 1. The van der Waals surface area contributed by atoms with E-state index in [-0.39, 0.29) is 18.3 Å². The molecule has 2 rings (SSSR count). The molecular weight excluding hydrogens is 346 g/mol. The Hall–Kier alpha value is -2.89. The van der Waals surface area contributed by atoms with E-state index in [1.54, 1.807) is 19.1 Å². The van der Waals surface area contributed by atoms with Gasteiger partial charge in [-0.3, -0.25) is 4.79 Å². The fourth-order valence-electron chi connectivity index (χ4n) is 3.29. The minimum absolute atomic E-state index is 0.132. The van der Waals surface area contributed by atoms with Gasteiger partial charge >= 0.3 is 0 Å². The molecule has 27 heavy (non-hydrogen) atoms. The summed E-state index contributed by atoms with van der Waals surface area (Å²) >= 11 is 0. The molecular formula is C21H25NO5. The highest BCUT2D eigenvalue weighted by atomic mass is 16.9. The summed E-state index contributed by atoms with van der Waals surface area (Å²) in [6.07, 6.45) is 3.88. The van der Waals surface area contributed by atoms with Gasteiger partial charge in [0.2, 0.25) is 0 Å². The number of ketones is 1. The molecule has 6 nitrogen and oxygen atoms in total. The fourth-order valence-corrected chi connectivity index (χ4v) is 3.29. The first-order valence-corrected chi connectivity index (χ1v) is 8.97. The van der Waals surface area contributed by atoms with Crippen LogP contribution in [-0.4, -0.2) is 17.5 Å². The van der Waals surface area contributed by atoms with E-state index in [0.29, 0.717) is 5.76 Å². The van der Waals surface area contributed by atoms with E-state index < -0.39 is 11.0 Å². The van der Waals surface area contributed by atoms with Crippen LogP contribution in [0.15, 0.2) is 40.8 Å². The van der Waals surface area contributed by atoms with Crippen LogP contribution in [0.1, 0.15) is 48.0 Å². The van der Waals surface area contributed by atoms with E-state index in [4.69, 9.17) is 4.42 Å². The number of allylic oxidation sites excluding steroid dienone is 1. The molecule has 2 atom stereocenters. The van der Waals surface area contributed by atoms with Gasteiger partial charge < -0.3 is 9.25 Å². The summed E-state index contributed by atoms with van der Waals surface area (Å²) in [4.78, 5) is 28.2. The summed E-state index contributed by atoms with van der Waals surface area (Å²) in [5, 5.41) is 9.79. The third-order valence-corrected chi connectivity index (χ3v) is 4.60. The highest BCUT2D eigenvalue weighted by molar-refractivity contribution is 5.99. The van der Waals surface area contributed by atoms with Crippen LogP contribution in [-0.2, 0) is 16.1 Å². The van der Waals surface area contributed by atoms with Crippen LogP contribution in [0.4, 0.5) is 0 Å². The van der Waals surface area contributed by atoms with E-state index in [1.807, 2.05) is 45.0 Å². The van der Waals surface area contributed by atoms with Crippen molar-refractivity contribution in [2.45, 2.75) is 40.0 Å². The zero-order valence-corrected chi connectivity index (χ0v) is 16.1. The summed E-state index contributed by atoms with van der Waals surface area (Å²) in [5.74, 6) is 0.325. The molecule has 0 amide bonds. The highest BCUT2D eigenvalue weighted by Gasteiger charge is 2.29. The van der Waals surface area contributed by atoms with Crippen molar-refractivity contribution in [1.82, 2.24) is 0 Å². The Balaban J connectivity index is 2.39. The van der Waals surface area contributed by atoms with Gasteiger partial charge in [0.25, 0.3) is 5.09 Å². The van der Waals surface area contributed by atoms with Crippen molar-refractivity contribution in [3.05, 3.63) is 74.7 Å². The molecule has 2 unspecified atom stereocenters. The Morgan fingerprint density at radius 2 is 2.04 bits per heavy atom. The van der Waals surface area contributed by atoms with Gasteiger partial charge in [-0.15, -0.1) is 10.1 Å². The number of rotatable bonds is 9. The third kappa shape index (κ3) is 5.29. The predicted molar refractivity (Wildman–Crippen MR) is 103 cm³/mol. The lowest BCUT2D eigenvalue weighted by Crippen LogP contribution is -2.25. The first kappa shape index (κ1) is 20.4. The Morgan fingerprint density at radius 1 is 1.30 bits per heavy atom. The van der Waals surface area contributed by atoms with Gasteiger partial charge in [-0.05, 0) is 67.2 Å². The summed E-state index contributed by atoms with van der Waals surface area (Å²) in [7, 11) is 0. The molecule has 0 bridgehead atoms. The van der Waals surface area contributed by atoms with E-state index >= 15 is 0 Å². The number of nitrogens with zero attached hydrogens (tertiary/aromatic N) is 1. The van der Waals surface area contributed by atoms with Gasteiger partial charge in [-0.25, -0.2) is 0 Å². The second-order valence-corrected chi connectivity index (χ2v) is 6.66. The molecule has 0 spiro atoms. The maximum Gasteiger partial charge on any atom is 0.294 e. The van der Waals surface area contributed by atoms with Crippen LogP contribution in [0.3, 0.4) is 0 Å². The lowest BCUT2D eigenvalue weighted by atomic mass is 9.79. The SMILES string of the molecule is CCc1cccc(C)c1C(C(=O)/C=C/c1ccc(C)o1)C(C)CO[N+](=O)[O-]. The predicted octanol–water partition coefficient (Wildman–Crippen LogP) is 4.67. The van der Waals surface area contributed by atoms with Crippen LogP contribution in [0, 0.1) is 29.9 Å². The van der Waals surface area contributed by atoms with Gasteiger partial charge in [-0.2, -0.15) is 0 Å². The molecule has 1 heterocycles. The largest absolute Gasteiger partial charge is 0.462 e. The van der Waals surface area contributed by atoms with Crippen LogP contribution in [0.25, 0.3) is 6.08 Å². The molecule has 0 N–H and O–H groups in total. The summed E-state index contributed by atoms with van der Waals surface area (Å²) < 4.78 is 5.47. The molecule has 0 aliphatic heterocycles.